The van der Waals surface area contributed by atoms with Gasteiger partial charge in [-0.25, -0.2) is 0 Å². The van der Waals surface area contributed by atoms with Crippen molar-refractivity contribution in [2.45, 2.75) is 38.3 Å². The van der Waals surface area contributed by atoms with Gasteiger partial charge >= 0.3 is 0 Å². The summed E-state index contributed by atoms with van der Waals surface area (Å²) in [5, 5.41) is 3.52. The fourth-order valence-corrected chi connectivity index (χ4v) is 1.66. The molecule has 0 bridgehead atoms. The summed E-state index contributed by atoms with van der Waals surface area (Å²) in [5.41, 5.74) is 0. The van der Waals surface area contributed by atoms with Gasteiger partial charge in [0.2, 0.25) is 0 Å². The van der Waals surface area contributed by atoms with Gasteiger partial charge < -0.3 is 14.8 Å². The molecule has 3 heteroatoms. The van der Waals surface area contributed by atoms with E-state index in [1.165, 1.54) is 12.8 Å². The third-order valence-electron chi connectivity index (χ3n) is 2.84. The third-order valence-corrected chi connectivity index (χ3v) is 2.84. The number of hydrogen-bond donors (Lipinski definition) is 1. The first-order valence-corrected chi connectivity index (χ1v) is 5.77. The highest BCUT2D eigenvalue weighted by atomic mass is 16.5. The first-order chi connectivity index (χ1) is 6.84. The zero-order valence-electron chi connectivity index (χ0n) is 9.00. The number of ether oxygens (including phenoxy) is 2. The van der Waals surface area contributed by atoms with Crippen molar-refractivity contribution >= 4 is 0 Å². The Bertz CT molecular complexity index is 165. The van der Waals surface area contributed by atoms with E-state index in [0.29, 0.717) is 12.0 Å². The van der Waals surface area contributed by atoms with Crippen molar-refractivity contribution in [2.24, 2.45) is 5.92 Å². The van der Waals surface area contributed by atoms with Crippen LogP contribution in [0.5, 0.6) is 0 Å². The molecule has 2 unspecified atom stereocenters. The van der Waals surface area contributed by atoms with Crippen LogP contribution in [0, 0.1) is 5.92 Å². The molecule has 1 aliphatic heterocycles. The minimum absolute atomic E-state index is 0.360. The maximum absolute atomic E-state index is 5.75. The normalized spacial score (nSPS) is 29.4. The van der Waals surface area contributed by atoms with Gasteiger partial charge in [0.05, 0.1) is 19.3 Å². The van der Waals surface area contributed by atoms with E-state index in [1.807, 2.05) is 0 Å². The summed E-state index contributed by atoms with van der Waals surface area (Å²) < 4.78 is 11.0. The molecule has 2 atom stereocenters. The minimum Gasteiger partial charge on any atom is -0.379 e. The third kappa shape index (κ3) is 3.56. The van der Waals surface area contributed by atoms with Crippen LogP contribution >= 0.6 is 0 Å². The van der Waals surface area contributed by atoms with Crippen molar-refractivity contribution in [1.29, 1.82) is 0 Å². The second-order valence-electron chi connectivity index (χ2n) is 4.61. The Labute approximate surface area is 86.2 Å². The highest BCUT2D eigenvalue weighted by molar-refractivity contribution is 4.81. The smallest absolute Gasteiger partial charge is 0.0830 e. The number of hydrogen-bond acceptors (Lipinski definition) is 3. The second-order valence-corrected chi connectivity index (χ2v) is 4.61. The predicted octanol–water partition coefficient (Wildman–Crippen LogP) is 1.18. The molecule has 1 N–H and O–H groups in total. The average Bonchev–Trinajstić information content (AvgIpc) is 2.87. The molecule has 1 heterocycles. The van der Waals surface area contributed by atoms with Crippen molar-refractivity contribution in [3.63, 3.8) is 0 Å². The van der Waals surface area contributed by atoms with Crippen LogP contribution < -0.4 is 5.32 Å². The molecular weight excluding hydrogens is 178 g/mol. The predicted molar refractivity (Wildman–Crippen MR) is 55.4 cm³/mol. The van der Waals surface area contributed by atoms with Crippen LogP contribution in [0.1, 0.15) is 26.2 Å². The van der Waals surface area contributed by atoms with Gasteiger partial charge in [-0.1, -0.05) is 6.92 Å². The summed E-state index contributed by atoms with van der Waals surface area (Å²) in [4.78, 5) is 0. The number of nitrogens with one attached hydrogen (secondary N) is 1. The lowest BCUT2D eigenvalue weighted by atomic mass is 10.2. The zero-order valence-corrected chi connectivity index (χ0v) is 9.00. The van der Waals surface area contributed by atoms with Gasteiger partial charge in [-0.3, -0.25) is 0 Å². The van der Waals surface area contributed by atoms with Crippen LogP contribution in [-0.2, 0) is 9.47 Å². The molecule has 0 radical (unpaired) electrons. The molecule has 1 saturated carbocycles. The molecular formula is C11H21NO2. The van der Waals surface area contributed by atoms with E-state index in [2.05, 4.69) is 12.2 Å². The van der Waals surface area contributed by atoms with Gasteiger partial charge in [0, 0.05) is 19.2 Å². The number of rotatable bonds is 6. The zero-order chi connectivity index (χ0) is 9.80. The largest absolute Gasteiger partial charge is 0.379 e. The molecule has 3 nitrogen and oxygen atoms in total. The molecule has 0 aromatic carbocycles. The molecule has 0 aromatic rings. The molecule has 2 fully saturated rings. The maximum Gasteiger partial charge on any atom is 0.0830 e. The van der Waals surface area contributed by atoms with E-state index >= 15 is 0 Å². The van der Waals surface area contributed by atoms with E-state index in [1.54, 1.807) is 0 Å². The van der Waals surface area contributed by atoms with Crippen molar-refractivity contribution < 1.29 is 9.47 Å². The van der Waals surface area contributed by atoms with Gasteiger partial charge in [0.15, 0.2) is 0 Å². The Hall–Kier alpha value is -0.120. The highest BCUT2D eigenvalue weighted by Gasteiger charge is 2.21. The Morgan fingerprint density at radius 1 is 1.43 bits per heavy atom. The SMILES string of the molecule is CC(CNC1CC1)COC1CCOC1. The Balaban J connectivity index is 1.50. The van der Waals surface area contributed by atoms with E-state index in [-0.39, 0.29) is 0 Å². The summed E-state index contributed by atoms with van der Waals surface area (Å²) >= 11 is 0. The van der Waals surface area contributed by atoms with E-state index in [9.17, 15) is 0 Å². The van der Waals surface area contributed by atoms with Crippen LogP contribution in [0.4, 0.5) is 0 Å². The van der Waals surface area contributed by atoms with E-state index in [4.69, 9.17) is 9.47 Å². The standard InChI is InChI=1S/C11H21NO2/c1-9(6-12-10-2-3-10)7-14-11-4-5-13-8-11/h9-12H,2-8H2,1H3. The van der Waals surface area contributed by atoms with Crippen LogP contribution in [0.25, 0.3) is 0 Å². The molecule has 2 rings (SSSR count). The van der Waals surface area contributed by atoms with Gasteiger partial charge in [-0.2, -0.15) is 0 Å². The Kier molecular flexibility index (Phi) is 3.79. The monoisotopic (exact) mass is 199 g/mol. The molecule has 14 heavy (non-hydrogen) atoms. The van der Waals surface area contributed by atoms with Crippen LogP contribution in [0.2, 0.25) is 0 Å². The molecule has 0 spiro atoms. The lowest BCUT2D eigenvalue weighted by Crippen LogP contribution is -2.27. The summed E-state index contributed by atoms with van der Waals surface area (Å²) in [6, 6.07) is 0.812. The van der Waals surface area contributed by atoms with Gasteiger partial charge in [0.25, 0.3) is 0 Å². The summed E-state index contributed by atoms with van der Waals surface area (Å²) in [6.07, 6.45) is 4.16. The summed E-state index contributed by atoms with van der Waals surface area (Å²) in [5.74, 6) is 0.621. The maximum atomic E-state index is 5.75. The van der Waals surface area contributed by atoms with Crippen molar-refractivity contribution in [1.82, 2.24) is 5.32 Å². The average molecular weight is 199 g/mol. The van der Waals surface area contributed by atoms with Gasteiger partial charge in [-0.15, -0.1) is 0 Å². The summed E-state index contributed by atoms with van der Waals surface area (Å²) in [7, 11) is 0. The van der Waals surface area contributed by atoms with Gasteiger partial charge in [-0.05, 0) is 25.2 Å². The Morgan fingerprint density at radius 3 is 2.93 bits per heavy atom. The highest BCUT2D eigenvalue weighted by Crippen LogP contribution is 2.19. The van der Waals surface area contributed by atoms with Crippen LogP contribution in [0.3, 0.4) is 0 Å². The minimum atomic E-state index is 0.360. The van der Waals surface area contributed by atoms with Crippen molar-refractivity contribution in [3.05, 3.63) is 0 Å². The molecule has 1 saturated heterocycles. The quantitative estimate of drug-likeness (QED) is 0.697. The molecule has 0 amide bonds. The van der Waals surface area contributed by atoms with Crippen LogP contribution in [-0.4, -0.2) is 38.5 Å². The second kappa shape index (κ2) is 5.10. The van der Waals surface area contributed by atoms with E-state index < -0.39 is 0 Å². The first kappa shape index (κ1) is 10.4. The lowest BCUT2D eigenvalue weighted by molar-refractivity contribution is 0.0251. The molecule has 2 aliphatic rings. The fraction of sp³-hybridized carbons (Fsp3) is 1.00. The lowest BCUT2D eigenvalue weighted by Gasteiger charge is -2.15. The molecule has 0 aromatic heterocycles. The van der Waals surface area contributed by atoms with E-state index in [0.717, 1.165) is 38.8 Å². The molecule has 1 aliphatic carbocycles. The van der Waals surface area contributed by atoms with Crippen molar-refractivity contribution in [3.8, 4) is 0 Å². The fourth-order valence-electron chi connectivity index (χ4n) is 1.66. The first-order valence-electron chi connectivity index (χ1n) is 5.77. The summed E-state index contributed by atoms with van der Waals surface area (Å²) in [6.45, 7) is 5.87. The Morgan fingerprint density at radius 2 is 2.29 bits per heavy atom. The molecule has 82 valence electrons. The van der Waals surface area contributed by atoms with Gasteiger partial charge in [0.1, 0.15) is 0 Å². The van der Waals surface area contributed by atoms with Crippen molar-refractivity contribution in [2.75, 3.05) is 26.4 Å². The van der Waals surface area contributed by atoms with Crippen LogP contribution in [0.15, 0.2) is 0 Å². The topological polar surface area (TPSA) is 30.5 Å².